The smallest absolute Gasteiger partial charge is 0.245 e. The molecule has 0 bridgehead atoms. The molecule has 2 rings (SSSR count). The summed E-state index contributed by atoms with van der Waals surface area (Å²) in [6.07, 6.45) is 1.11. The predicted molar refractivity (Wildman–Crippen MR) is 99.5 cm³/mol. The molecule has 1 amide bonds. The Bertz CT molecular complexity index is 734. The van der Waals surface area contributed by atoms with Gasteiger partial charge < -0.3 is 14.4 Å². The second kappa shape index (κ2) is 9.58. The van der Waals surface area contributed by atoms with Crippen LogP contribution in [0.3, 0.4) is 0 Å². The fraction of sp³-hybridized carbons (Fsp3) is 0.300. The van der Waals surface area contributed by atoms with Crippen molar-refractivity contribution in [3.8, 4) is 5.75 Å². The van der Waals surface area contributed by atoms with Crippen molar-refractivity contribution in [3.05, 3.63) is 59.7 Å². The van der Waals surface area contributed by atoms with Crippen LogP contribution in [-0.4, -0.2) is 31.1 Å². The zero-order valence-corrected chi connectivity index (χ0v) is 15.0. The van der Waals surface area contributed by atoms with Crippen LogP contribution in [0.2, 0.25) is 0 Å². The Hall–Kier alpha value is -2.86. The van der Waals surface area contributed by atoms with Crippen LogP contribution in [0.4, 0.5) is 5.69 Å². The molecule has 1 atom stereocenters. The molecule has 0 aliphatic heterocycles. The molecule has 0 aliphatic carbocycles. The largest absolute Gasteiger partial charge is 0.494 e. The van der Waals surface area contributed by atoms with Crippen molar-refractivity contribution in [1.29, 1.82) is 0 Å². The van der Waals surface area contributed by atoms with Crippen molar-refractivity contribution >= 4 is 17.9 Å². The summed E-state index contributed by atoms with van der Waals surface area (Å²) in [5.41, 5.74) is 4.25. The lowest BCUT2D eigenvalue weighted by Crippen LogP contribution is -2.31. The number of nitrogens with zero attached hydrogens (tertiary/aromatic N) is 1. The van der Waals surface area contributed by atoms with Crippen molar-refractivity contribution < 1.29 is 19.5 Å². The minimum absolute atomic E-state index is 0.0311. The topological polar surface area (TPSA) is 78.9 Å². The number of ether oxygens (including phenoxy) is 1. The number of carbonyl (C=O) groups is 2. The van der Waals surface area contributed by atoms with Gasteiger partial charge in [-0.3, -0.25) is 10.0 Å². The van der Waals surface area contributed by atoms with Crippen LogP contribution in [0.5, 0.6) is 5.75 Å². The van der Waals surface area contributed by atoms with Gasteiger partial charge in [0, 0.05) is 19.2 Å². The molecule has 0 spiro atoms. The molecule has 0 heterocycles. The van der Waals surface area contributed by atoms with Crippen LogP contribution in [0, 0.1) is 0 Å². The first kappa shape index (κ1) is 19.5. The lowest BCUT2D eigenvalue weighted by atomic mass is 9.94. The van der Waals surface area contributed by atoms with Gasteiger partial charge in [-0.25, -0.2) is 5.48 Å². The van der Waals surface area contributed by atoms with Gasteiger partial charge in [-0.15, -0.1) is 0 Å². The third kappa shape index (κ3) is 4.83. The highest BCUT2D eigenvalue weighted by Crippen LogP contribution is 2.33. The minimum atomic E-state index is -0.503. The average molecular weight is 356 g/mol. The van der Waals surface area contributed by atoms with Gasteiger partial charge in [0.1, 0.15) is 12.0 Å². The third-order valence-corrected chi connectivity index (χ3v) is 4.23. The lowest BCUT2D eigenvalue weighted by molar-refractivity contribution is -0.129. The Kier molecular flexibility index (Phi) is 7.17. The van der Waals surface area contributed by atoms with Crippen molar-refractivity contribution in [2.45, 2.75) is 25.8 Å². The van der Waals surface area contributed by atoms with E-state index >= 15 is 0 Å². The fourth-order valence-corrected chi connectivity index (χ4v) is 2.94. The SMILES string of the molecule is CCOc1ccc(CC=O)c(C(CC(=O)NO)N(C)c2ccccc2)c1. The Morgan fingerprint density at radius 1 is 1.27 bits per heavy atom. The Balaban J connectivity index is 2.50. The average Bonchev–Trinajstić information content (AvgIpc) is 2.67. The van der Waals surface area contributed by atoms with Gasteiger partial charge in [0.25, 0.3) is 0 Å². The van der Waals surface area contributed by atoms with Crippen molar-refractivity contribution in [3.63, 3.8) is 0 Å². The van der Waals surface area contributed by atoms with E-state index in [4.69, 9.17) is 9.94 Å². The molecular weight excluding hydrogens is 332 g/mol. The van der Waals surface area contributed by atoms with E-state index in [1.54, 1.807) is 5.48 Å². The number of hydroxylamine groups is 1. The molecular formula is C20H24N2O4. The van der Waals surface area contributed by atoms with E-state index in [1.807, 2.05) is 67.4 Å². The number of para-hydroxylation sites is 1. The van der Waals surface area contributed by atoms with Gasteiger partial charge in [-0.05, 0) is 42.3 Å². The number of anilines is 1. The number of carbonyl (C=O) groups excluding carboxylic acids is 2. The summed E-state index contributed by atoms with van der Waals surface area (Å²) in [5, 5.41) is 9.00. The maximum Gasteiger partial charge on any atom is 0.245 e. The standard InChI is InChI=1S/C20H24N2O4/c1-3-26-17-10-9-15(11-12-23)18(13-17)19(14-20(24)21-25)22(2)16-7-5-4-6-8-16/h4-10,12-13,19,25H,3,11,14H2,1-2H3,(H,21,24). The lowest BCUT2D eigenvalue weighted by Gasteiger charge is -2.31. The Morgan fingerprint density at radius 2 is 2.00 bits per heavy atom. The number of amides is 1. The van der Waals surface area contributed by atoms with E-state index < -0.39 is 5.91 Å². The summed E-state index contributed by atoms with van der Waals surface area (Å²) in [4.78, 5) is 25.0. The number of aldehydes is 1. The van der Waals surface area contributed by atoms with E-state index in [-0.39, 0.29) is 18.9 Å². The number of hydrogen-bond donors (Lipinski definition) is 2. The molecule has 0 saturated carbocycles. The fourth-order valence-electron chi connectivity index (χ4n) is 2.94. The summed E-state index contributed by atoms with van der Waals surface area (Å²) in [6.45, 7) is 2.41. The molecule has 6 nitrogen and oxygen atoms in total. The monoisotopic (exact) mass is 356 g/mol. The zero-order chi connectivity index (χ0) is 18.9. The van der Waals surface area contributed by atoms with Gasteiger partial charge >= 0.3 is 0 Å². The zero-order valence-electron chi connectivity index (χ0n) is 15.0. The Morgan fingerprint density at radius 3 is 2.62 bits per heavy atom. The number of benzene rings is 2. The van der Waals surface area contributed by atoms with Gasteiger partial charge in [0.15, 0.2) is 0 Å². The van der Waals surface area contributed by atoms with Crippen LogP contribution in [0.15, 0.2) is 48.5 Å². The van der Waals surface area contributed by atoms with E-state index in [9.17, 15) is 9.59 Å². The molecule has 0 aromatic heterocycles. The van der Waals surface area contributed by atoms with E-state index in [1.165, 1.54) is 0 Å². The van der Waals surface area contributed by atoms with Crippen LogP contribution in [0.1, 0.15) is 30.5 Å². The third-order valence-electron chi connectivity index (χ3n) is 4.23. The molecule has 2 aromatic rings. The van der Waals surface area contributed by atoms with Crippen LogP contribution in [0.25, 0.3) is 0 Å². The predicted octanol–water partition coefficient (Wildman–Crippen LogP) is 2.90. The van der Waals surface area contributed by atoms with Crippen molar-refractivity contribution in [2.24, 2.45) is 0 Å². The van der Waals surface area contributed by atoms with Gasteiger partial charge in [0.2, 0.25) is 5.91 Å². The molecule has 1 unspecified atom stereocenters. The van der Waals surface area contributed by atoms with E-state index in [2.05, 4.69) is 0 Å². The van der Waals surface area contributed by atoms with E-state index in [0.717, 1.165) is 23.1 Å². The minimum Gasteiger partial charge on any atom is -0.494 e. The summed E-state index contributed by atoms with van der Waals surface area (Å²) in [7, 11) is 1.88. The maximum atomic E-state index is 11.9. The number of hydrogen-bond acceptors (Lipinski definition) is 5. The normalized spacial score (nSPS) is 11.5. The first-order valence-electron chi connectivity index (χ1n) is 8.50. The van der Waals surface area contributed by atoms with Crippen LogP contribution >= 0.6 is 0 Å². The molecule has 26 heavy (non-hydrogen) atoms. The van der Waals surface area contributed by atoms with Crippen molar-refractivity contribution in [1.82, 2.24) is 5.48 Å². The molecule has 138 valence electrons. The Labute approximate surface area is 153 Å². The molecule has 0 saturated heterocycles. The summed E-state index contributed by atoms with van der Waals surface area (Å²) < 4.78 is 5.59. The van der Waals surface area contributed by atoms with Gasteiger partial charge in [0.05, 0.1) is 19.1 Å². The molecule has 0 radical (unpaired) electrons. The van der Waals surface area contributed by atoms with Crippen LogP contribution < -0.4 is 15.1 Å². The van der Waals surface area contributed by atoms with Gasteiger partial charge in [-0.2, -0.15) is 0 Å². The van der Waals surface area contributed by atoms with Gasteiger partial charge in [-0.1, -0.05) is 24.3 Å². The van der Waals surface area contributed by atoms with E-state index in [0.29, 0.717) is 12.4 Å². The summed E-state index contributed by atoms with van der Waals surface area (Å²) in [5.74, 6) is 0.171. The molecule has 0 aliphatic rings. The molecule has 2 N–H and O–H groups in total. The first-order valence-corrected chi connectivity index (χ1v) is 8.50. The maximum absolute atomic E-state index is 11.9. The molecule has 2 aromatic carbocycles. The summed E-state index contributed by atoms with van der Waals surface area (Å²) >= 11 is 0. The second-order valence-electron chi connectivity index (χ2n) is 5.87. The molecule has 6 heteroatoms. The summed E-state index contributed by atoms with van der Waals surface area (Å²) in [6, 6.07) is 14.8. The van der Waals surface area contributed by atoms with Crippen LogP contribution in [-0.2, 0) is 16.0 Å². The number of nitrogens with one attached hydrogen (secondary N) is 1. The highest BCUT2D eigenvalue weighted by molar-refractivity contribution is 5.76. The second-order valence-corrected chi connectivity index (χ2v) is 5.87. The quantitative estimate of drug-likeness (QED) is 0.410. The first-order chi connectivity index (χ1) is 12.6. The molecule has 0 fully saturated rings. The van der Waals surface area contributed by atoms with Crippen molar-refractivity contribution in [2.75, 3.05) is 18.6 Å². The highest BCUT2D eigenvalue weighted by Gasteiger charge is 2.24. The number of rotatable bonds is 9. The highest BCUT2D eigenvalue weighted by atomic mass is 16.5.